The summed E-state index contributed by atoms with van der Waals surface area (Å²) in [6.45, 7) is 3.88. The zero-order valence-corrected chi connectivity index (χ0v) is 6.81. The lowest BCUT2D eigenvalue weighted by molar-refractivity contribution is -0.136. The average molecular weight is 142 g/mol. The summed E-state index contributed by atoms with van der Waals surface area (Å²) in [4.78, 5) is 10.8. The van der Waals surface area contributed by atoms with Gasteiger partial charge < -0.3 is 4.74 Å². The van der Waals surface area contributed by atoms with Crippen molar-refractivity contribution in [2.45, 2.75) is 26.7 Å². The quantitative estimate of drug-likeness (QED) is 0.444. The van der Waals surface area contributed by atoms with E-state index in [1.54, 1.807) is 6.08 Å². The van der Waals surface area contributed by atoms with Gasteiger partial charge in [-0.2, -0.15) is 0 Å². The van der Waals surface area contributed by atoms with Crippen molar-refractivity contribution >= 4 is 5.97 Å². The minimum absolute atomic E-state index is 0.204. The minimum atomic E-state index is -0.204. The lowest BCUT2D eigenvalue weighted by Gasteiger charge is -2.00. The van der Waals surface area contributed by atoms with Gasteiger partial charge in [-0.3, -0.25) is 0 Å². The molecule has 0 rings (SSSR count). The summed E-state index contributed by atoms with van der Waals surface area (Å²) in [6.07, 6.45) is 3.59. The van der Waals surface area contributed by atoms with Crippen LogP contribution < -0.4 is 0 Å². The van der Waals surface area contributed by atoms with Gasteiger partial charge in [-0.15, -0.1) is 0 Å². The summed E-state index contributed by atoms with van der Waals surface area (Å²) in [5.41, 5.74) is 0.769. The Morgan fingerprint density at radius 2 is 2.20 bits per heavy atom. The van der Waals surface area contributed by atoms with Gasteiger partial charge in [-0.25, -0.2) is 4.79 Å². The predicted octanol–water partition coefficient (Wildman–Crippen LogP) is 1.91. The number of hydrogen-bond acceptors (Lipinski definition) is 2. The van der Waals surface area contributed by atoms with Gasteiger partial charge in [0.2, 0.25) is 0 Å². The molecule has 0 atom stereocenters. The Labute approximate surface area is 61.9 Å². The van der Waals surface area contributed by atoms with Crippen molar-refractivity contribution in [2.24, 2.45) is 0 Å². The average Bonchev–Trinajstić information content (AvgIpc) is 1.99. The zero-order valence-electron chi connectivity index (χ0n) is 6.81. The molecule has 0 aromatic carbocycles. The fraction of sp³-hybridized carbons (Fsp3) is 0.625. The first-order chi connectivity index (χ1) is 4.76. The minimum Gasteiger partial charge on any atom is -0.466 e. The van der Waals surface area contributed by atoms with E-state index in [2.05, 4.69) is 4.74 Å². The summed E-state index contributed by atoms with van der Waals surface area (Å²) in [5, 5.41) is 0. The predicted molar refractivity (Wildman–Crippen MR) is 40.7 cm³/mol. The Bertz CT molecular complexity index is 136. The highest BCUT2D eigenvalue weighted by Gasteiger charge is 2.05. The van der Waals surface area contributed by atoms with Crippen molar-refractivity contribution in [1.82, 2.24) is 0 Å². The van der Waals surface area contributed by atoms with Crippen LogP contribution in [0.5, 0.6) is 0 Å². The second kappa shape index (κ2) is 5.03. The molecule has 58 valence electrons. The van der Waals surface area contributed by atoms with E-state index in [4.69, 9.17) is 0 Å². The van der Waals surface area contributed by atoms with Crippen LogP contribution in [0.2, 0.25) is 0 Å². The standard InChI is InChI=1S/C8H14O2/c1-4-6-7(5-2)8(9)10-3/h5H,4,6H2,1-3H3/b7-5+. The van der Waals surface area contributed by atoms with Gasteiger partial charge in [0.05, 0.1) is 7.11 Å². The van der Waals surface area contributed by atoms with E-state index in [0.717, 1.165) is 18.4 Å². The van der Waals surface area contributed by atoms with Crippen LogP contribution in [0.3, 0.4) is 0 Å². The number of methoxy groups -OCH3 is 1. The third kappa shape index (κ3) is 2.67. The molecule has 0 aromatic heterocycles. The highest BCUT2D eigenvalue weighted by Crippen LogP contribution is 2.05. The van der Waals surface area contributed by atoms with Gasteiger partial charge in [0, 0.05) is 5.57 Å². The van der Waals surface area contributed by atoms with E-state index in [1.165, 1.54) is 7.11 Å². The van der Waals surface area contributed by atoms with Crippen molar-refractivity contribution in [3.05, 3.63) is 11.6 Å². The Morgan fingerprint density at radius 3 is 2.50 bits per heavy atom. The molecule has 10 heavy (non-hydrogen) atoms. The van der Waals surface area contributed by atoms with Gasteiger partial charge in [0.1, 0.15) is 0 Å². The third-order valence-corrected chi connectivity index (χ3v) is 1.32. The monoisotopic (exact) mass is 142 g/mol. The van der Waals surface area contributed by atoms with Crippen LogP contribution in [-0.2, 0) is 9.53 Å². The first kappa shape index (κ1) is 9.21. The molecule has 0 N–H and O–H groups in total. The molecule has 0 aliphatic carbocycles. The highest BCUT2D eigenvalue weighted by molar-refractivity contribution is 5.88. The maximum absolute atomic E-state index is 10.8. The van der Waals surface area contributed by atoms with Crippen LogP contribution in [0.1, 0.15) is 26.7 Å². The molecule has 0 spiro atoms. The second-order valence-corrected chi connectivity index (χ2v) is 2.06. The van der Waals surface area contributed by atoms with Gasteiger partial charge >= 0.3 is 5.97 Å². The van der Waals surface area contributed by atoms with Crippen LogP contribution in [0.4, 0.5) is 0 Å². The Kier molecular flexibility index (Phi) is 4.63. The highest BCUT2D eigenvalue weighted by atomic mass is 16.5. The van der Waals surface area contributed by atoms with Crippen molar-refractivity contribution < 1.29 is 9.53 Å². The van der Waals surface area contributed by atoms with Gasteiger partial charge in [-0.1, -0.05) is 19.4 Å². The first-order valence-electron chi connectivity index (χ1n) is 3.49. The molecule has 0 aromatic rings. The topological polar surface area (TPSA) is 26.3 Å². The molecule has 0 aliphatic rings. The van der Waals surface area contributed by atoms with Crippen LogP contribution in [0.15, 0.2) is 11.6 Å². The molecule has 0 amide bonds. The lowest BCUT2D eigenvalue weighted by Crippen LogP contribution is -2.03. The molecule has 0 bridgehead atoms. The molecular formula is C8H14O2. The van der Waals surface area contributed by atoms with Crippen molar-refractivity contribution in [3.63, 3.8) is 0 Å². The number of esters is 1. The number of carbonyl (C=O) groups excluding carboxylic acids is 1. The maximum atomic E-state index is 10.8. The zero-order chi connectivity index (χ0) is 7.98. The number of carbonyl (C=O) groups is 1. The van der Waals surface area contributed by atoms with Crippen molar-refractivity contribution in [2.75, 3.05) is 7.11 Å². The van der Waals surface area contributed by atoms with Crippen LogP contribution in [0.25, 0.3) is 0 Å². The summed E-state index contributed by atoms with van der Waals surface area (Å²) in [5.74, 6) is -0.204. The molecule has 0 radical (unpaired) electrons. The Hall–Kier alpha value is -0.790. The molecule has 0 saturated carbocycles. The van der Waals surface area contributed by atoms with Crippen LogP contribution in [0, 0.1) is 0 Å². The molecular weight excluding hydrogens is 128 g/mol. The summed E-state index contributed by atoms with van der Waals surface area (Å²) in [7, 11) is 1.40. The molecule has 2 heteroatoms. The van der Waals surface area contributed by atoms with E-state index in [0.29, 0.717) is 0 Å². The SMILES string of the molecule is C/C=C(\CCC)C(=O)OC. The van der Waals surface area contributed by atoms with Crippen LogP contribution in [-0.4, -0.2) is 13.1 Å². The molecule has 0 saturated heterocycles. The summed E-state index contributed by atoms with van der Waals surface area (Å²) >= 11 is 0. The largest absolute Gasteiger partial charge is 0.466 e. The Morgan fingerprint density at radius 1 is 1.60 bits per heavy atom. The first-order valence-corrected chi connectivity index (χ1v) is 3.49. The van der Waals surface area contributed by atoms with E-state index in [-0.39, 0.29) is 5.97 Å². The van der Waals surface area contributed by atoms with Crippen LogP contribution >= 0.6 is 0 Å². The fourth-order valence-corrected chi connectivity index (χ4v) is 0.765. The molecule has 2 nitrogen and oxygen atoms in total. The van der Waals surface area contributed by atoms with Gasteiger partial charge in [0.15, 0.2) is 0 Å². The fourth-order valence-electron chi connectivity index (χ4n) is 0.765. The van der Waals surface area contributed by atoms with E-state index in [1.807, 2.05) is 13.8 Å². The smallest absolute Gasteiger partial charge is 0.333 e. The van der Waals surface area contributed by atoms with Crippen molar-refractivity contribution in [1.29, 1.82) is 0 Å². The number of ether oxygens (including phenoxy) is 1. The normalized spacial score (nSPS) is 11.3. The van der Waals surface area contributed by atoms with E-state index in [9.17, 15) is 4.79 Å². The van der Waals surface area contributed by atoms with E-state index >= 15 is 0 Å². The Balaban J connectivity index is 3.95. The van der Waals surface area contributed by atoms with E-state index < -0.39 is 0 Å². The molecule has 0 unspecified atom stereocenters. The van der Waals surface area contributed by atoms with Gasteiger partial charge in [0.25, 0.3) is 0 Å². The maximum Gasteiger partial charge on any atom is 0.333 e. The van der Waals surface area contributed by atoms with Crippen molar-refractivity contribution in [3.8, 4) is 0 Å². The summed E-state index contributed by atoms with van der Waals surface area (Å²) < 4.78 is 4.55. The number of allylic oxidation sites excluding steroid dienone is 1. The molecule has 0 aliphatic heterocycles. The number of rotatable bonds is 3. The van der Waals surface area contributed by atoms with Gasteiger partial charge in [-0.05, 0) is 13.3 Å². The summed E-state index contributed by atoms with van der Waals surface area (Å²) in [6, 6.07) is 0. The number of hydrogen-bond donors (Lipinski definition) is 0. The molecule has 0 heterocycles. The molecule has 0 fully saturated rings. The third-order valence-electron chi connectivity index (χ3n) is 1.32. The second-order valence-electron chi connectivity index (χ2n) is 2.06. The lowest BCUT2D eigenvalue weighted by atomic mass is 10.1.